The van der Waals surface area contributed by atoms with Crippen molar-refractivity contribution in [1.82, 2.24) is 4.57 Å². The summed E-state index contributed by atoms with van der Waals surface area (Å²) in [4.78, 5) is 50.3. The molecule has 216 valence electrons. The minimum atomic E-state index is -5.19. The second-order valence-electron chi connectivity index (χ2n) is 9.10. The van der Waals surface area contributed by atoms with Crippen LogP contribution >= 0.6 is 11.6 Å². The fraction of sp³-hybridized carbons (Fsp3) is 0.133. The Bertz CT molecular complexity index is 1700. The van der Waals surface area contributed by atoms with Gasteiger partial charge in [-0.05, 0) is 53.6 Å². The highest BCUT2D eigenvalue weighted by atomic mass is 35.5. The molecule has 1 unspecified atom stereocenters. The van der Waals surface area contributed by atoms with E-state index in [1.165, 1.54) is 37.6 Å². The zero-order chi connectivity index (χ0) is 30.6. The molecule has 4 rings (SSSR count). The number of anilines is 1. The zero-order valence-corrected chi connectivity index (χ0v) is 22.6. The number of carboxylic acid groups (broad SMARTS) is 1. The molecule has 1 atom stereocenters. The number of pyridine rings is 1. The topological polar surface area (TPSA) is 115 Å². The minimum absolute atomic E-state index is 0.00904. The molecule has 0 spiro atoms. The number of benzene rings is 3. The maximum Gasteiger partial charge on any atom is 0.454 e. The lowest BCUT2D eigenvalue weighted by Crippen LogP contribution is -2.34. The van der Waals surface area contributed by atoms with Gasteiger partial charge in [-0.1, -0.05) is 41.9 Å². The summed E-state index contributed by atoms with van der Waals surface area (Å²) in [5.74, 6) is -4.00. The molecule has 0 saturated carbocycles. The van der Waals surface area contributed by atoms with Gasteiger partial charge in [-0.15, -0.1) is 0 Å². The van der Waals surface area contributed by atoms with Crippen molar-refractivity contribution in [3.63, 3.8) is 0 Å². The highest BCUT2D eigenvalue weighted by molar-refractivity contribution is 6.31. The molecule has 3 aromatic carbocycles. The number of ether oxygens (including phenoxy) is 1. The van der Waals surface area contributed by atoms with E-state index in [2.05, 4.69) is 5.32 Å². The molecule has 0 bridgehead atoms. The van der Waals surface area contributed by atoms with Crippen molar-refractivity contribution in [3.05, 3.63) is 117 Å². The molecule has 0 aliphatic rings. The monoisotopic (exact) mass is 598 g/mol. The summed E-state index contributed by atoms with van der Waals surface area (Å²) >= 11 is 6.04. The molecule has 0 saturated heterocycles. The smallest absolute Gasteiger partial charge is 0.454 e. The number of alkyl halides is 3. The average molecular weight is 599 g/mol. The Kier molecular flexibility index (Phi) is 8.82. The Labute approximate surface area is 241 Å². The number of nitrogens with one attached hydrogen (secondary N) is 1. The molecule has 1 aromatic heterocycles. The number of amides is 1. The van der Waals surface area contributed by atoms with Gasteiger partial charge in [0.1, 0.15) is 11.8 Å². The maximum absolute atomic E-state index is 13.5. The fourth-order valence-electron chi connectivity index (χ4n) is 4.31. The third kappa shape index (κ3) is 6.69. The van der Waals surface area contributed by atoms with E-state index in [-0.39, 0.29) is 39.6 Å². The first-order valence-electron chi connectivity index (χ1n) is 12.3. The summed E-state index contributed by atoms with van der Waals surface area (Å²) in [6.45, 7) is 0. The molecule has 0 aliphatic carbocycles. The van der Waals surface area contributed by atoms with E-state index in [0.717, 1.165) is 28.8 Å². The highest BCUT2D eigenvalue weighted by Crippen LogP contribution is 2.36. The number of carbonyl (C=O) groups excluding carboxylic acids is 2. The van der Waals surface area contributed by atoms with Crippen molar-refractivity contribution in [2.24, 2.45) is 0 Å². The predicted octanol–water partition coefficient (Wildman–Crippen LogP) is 6.04. The van der Waals surface area contributed by atoms with E-state index in [1.54, 1.807) is 30.3 Å². The molecule has 1 amide bonds. The Morgan fingerprint density at radius 2 is 1.64 bits per heavy atom. The number of halogens is 4. The van der Waals surface area contributed by atoms with Crippen LogP contribution in [0.3, 0.4) is 0 Å². The Morgan fingerprint density at radius 1 is 0.976 bits per heavy atom. The largest absolute Gasteiger partial charge is 0.495 e. The van der Waals surface area contributed by atoms with Crippen LogP contribution in [0.1, 0.15) is 32.3 Å². The van der Waals surface area contributed by atoms with Crippen molar-refractivity contribution < 1.29 is 37.4 Å². The number of carboxylic acids is 1. The van der Waals surface area contributed by atoms with Gasteiger partial charge in [0.25, 0.3) is 11.3 Å². The first-order chi connectivity index (χ1) is 19.9. The van der Waals surface area contributed by atoms with Crippen LogP contribution in [0.2, 0.25) is 5.02 Å². The number of nitrogens with zero attached hydrogens (tertiary/aromatic N) is 1. The number of carbonyl (C=O) groups is 3. The molecule has 0 fully saturated rings. The van der Waals surface area contributed by atoms with Gasteiger partial charge in [0.2, 0.25) is 5.91 Å². The van der Waals surface area contributed by atoms with Crippen LogP contribution in [0.15, 0.2) is 89.9 Å². The number of hydrogen-bond acceptors (Lipinski definition) is 5. The highest BCUT2D eigenvalue weighted by Gasteiger charge is 2.41. The Hall–Kier alpha value is -4.90. The van der Waals surface area contributed by atoms with E-state index in [9.17, 15) is 32.3 Å². The number of aromatic nitrogens is 1. The first-order valence-corrected chi connectivity index (χ1v) is 12.7. The van der Waals surface area contributed by atoms with E-state index < -0.39 is 41.0 Å². The number of rotatable bonds is 9. The normalized spacial score (nSPS) is 11.9. The molecule has 12 heteroatoms. The van der Waals surface area contributed by atoms with Gasteiger partial charge >= 0.3 is 12.1 Å². The second kappa shape index (κ2) is 12.3. The number of hydrogen-bond donors (Lipinski definition) is 2. The van der Waals surface area contributed by atoms with E-state index >= 15 is 0 Å². The van der Waals surface area contributed by atoms with Crippen LogP contribution in [-0.4, -0.2) is 40.6 Å². The number of ketones is 1. The van der Waals surface area contributed by atoms with Crippen molar-refractivity contribution in [2.45, 2.75) is 18.6 Å². The van der Waals surface area contributed by atoms with E-state index in [1.807, 2.05) is 0 Å². The van der Waals surface area contributed by atoms with Gasteiger partial charge in [-0.2, -0.15) is 13.2 Å². The lowest BCUT2D eigenvalue weighted by molar-refractivity contribution is -0.119. The molecule has 0 radical (unpaired) electrons. The van der Waals surface area contributed by atoms with Crippen molar-refractivity contribution in [3.8, 4) is 16.9 Å². The Morgan fingerprint density at radius 3 is 2.24 bits per heavy atom. The fourth-order valence-corrected chi connectivity index (χ4v) is 4.48. The van der Waals surface area contributed by atoms with Crippen molar-refractivity contribution in [1.29, 1.82) is 0 Å². The third-order valence-electron chi connectivity index (χ3n) is 6.35. The number of aromatic carboxylic acids is 1. The molecule has 0 aliphatic heterocycles. The minimum Gasteiger partial charge on any atom is -0.495 e. The van der Waals surface area contributed by atoms with Gasteiger partial charge in [0.15, 0.2) is 0 Å². The molecule has 1 heterocycles. The molecule has 42 heavy (non-hydrogen) atoms. The average Bonchev–Trinajstić information content (AvgIpc) is 2.96. The summed E-state index contributed by atoms with van der Waals surface area (Å²) in [7, 11) is 1.22. The van der Waals surface area contributed by atoms with Gasteiger partial charge in [0, 0.05) is 34.3 Å². The van der Waals surface area contributed by atoms with E-state index in [0.29, 0.717) is 5.56 Å². The summed E-state index contributed by atoms with van der Waals surface area (Å²) in [6, 6.07) is 17.1. The predicted molar refractivity (Wildman–Crippen MR) is 149 cm³/mol. The zero-order valence-electron chi connectivity index (χ0n) is 21.8. The van der Waals surface area contributed by atoms with Gasteiger partial charge < -0.3 is 15.2 Å². The van der Waals surface area contributed by atoms with Crippen LogP contribution in [0.4, 0.5) is 18.9 Å². The summed E-state index contributed by atoms with van der Waals surface area (Å²) in [5.41, 5.74) is -0.921. The van der Waals surface area contributed by atoms with Crippen LogP contribution in [0.5, 0.6) is 5.75 Å². The van der Waals surface area contributed by atoms with Crippen LogP contribution in [-0.2, 0) is 11.2 Å². The second-order valence-corrected chi connectivity index (χ2v) is 9.53. The quantitative estimate of drug-likeness (QED) is 0.227. The van der Waals surface area contributed by atoms with Crippen LogP contribution in [0, 0.1) is 0 Å². The summed E-state index contributed by atoms with van der Waals surface area (Å²) < 4.78 is 46.5. The first kappa shape index (κ1) is 30.1. The molecule has 8 nitrogen and oxygen atoms in total. The lowest BCUT2D eigenvalue weighted by Gasteiger charge is -2.22. The van der Waals surface area contributed by atoms with Crippen LogP contribution in [0.25, 0.3) is 11.1 Å². The number of methoxy groups -OCH3 is 1. The molecular formula is C30H22ClF3N2O6. The lowest BCUT2D eigenvalue weighted by atomic mass is 9.96. The SMILES string of the molecule is COc1cn(C(Cc2ccccc2)C(=O)Nc2ccc(C(=O)O)cc2)c(=O)cc1-c1cc(Cl)ccc1C(=O)C(F)(F)F. The summed E-state index contributed by atoms with van der Waals surface area (Å²) in [6.07, 6.45) is -3.97. The van der Waals surface area contributed by atoms with Crippen LogP contribution < -0.4 is 15.6 Å². The summed E-state index contributed by atoms with van der Waals surface area (Å²) in [5, 5.41) is 11.8. The number of Topliss-reactive ketones (excluding diaryl/α,β-unsaturated/α-hetero) is 1. The van der Waals surface area contributed by atoms with Crippen molar-refractivity contribution in [2.75, 3.05) is 12.4 Å². The molecule has 4 aromatic rings. The van der Waals surface area contributed by atoms with Crippen molar-refractivity contribution >= 4 is 34.9 Å². The molecule has 2 N–H and O–H groups in total. The van der Waals surface area contributed by atoms with Gasteiger partial charge in [0.05, 0.1) is 18.9 Å². The van der Waals surface area contributed by atoms with Gasteiger partial charge in [-0.3, -0.25) is 19.0 Å². The Balaban J connectivity index is 1.81. The maximum atomic E-state index is 13.5. The van der Waals surface area contributed by atoms with E-state index in [4.69, 9.17) is 21.4 Å². The standard InChI is InChI=1S/C30H22ClF3N2O6/c1-42-25-16-36(26(37)15-23(25)22-14-19(31)9-12-21(22)27(38)30(32,33)34)24(13-17-5-3-2-4-6-17)28(39)35-20-10-7-18(8-11-20)29(40)41/h2-12,14-16,24H,13H2,1H3,(H,35,39)(H,40,41). The third-order valence-corrected chi connectivity index (χ3v) is 6.58. The van der Waals surface area contributed by atoms with Gasteiger partial charge in [-0.25, -0.2) is 4.79 Å². The molecular weight excluding hydrogens is 577 g/mol.